The topological polar surface area (TPSA) is 69.2 Å². The van der Waals surface area contributed by atoms with E-state index in [0.717, 1.165) is 18.7 Å². The van der Waals surface area contributed by atoms with Crippen molar-refractivity contribution in [2.24, 2.45) is 0 Å². The van der Waals surface area contributed by atoms with Gasteiger partial charge < -0.3 is 14.8 Å². The molecule has 0 aromatic carbocycles. The number of aliphatic hydroxyl groups is 1. The van der Waals surface area contributed by atoms with Crippen molar-refractivity contribution in [3.63, 3.8) is 0 Å². The van der Waals surface area contributed by atoms with Gasteiger partial charge in [0.05, 0.1) is 6.54 Å². The molecule has 2 N–H and O–H groups in total. The Labute approximate surface area is 76.8 Å². The van der Waals surface area contributed by atoms with Crippen molar-refractivity contribution in [2.45, 2.75) is 13.0 Å². The molecule has 0 aliphatic carbocycles. The molecule has 0 bridgehead atoms. The number of nitrogens with one attached hydrogen (secondary N) is 1. The molecular formula is C9H12N2O2. The largest absolute Gasteiger partial charge is 0.449 e. The molecule has 1 aromatic heterocycles. The van der Waals surface area contributed by atoms with E-state index in [1.807, 2.05) is 6.07 Å². The molecule has 0 radical (unpaired) electrons. The molecule has 1 rings (SSSR count). The van der Waals surface area contributed by atoms with Crippen LogP contribution in [0.1, 0.15) is 17.9 Å². The van der Waals surface area contributed by atoms with Crippen LogP contribution in [0.5, 0.6) is 0 Å². The number of rotatable bonds is 5. The predicted octanol–water partition coefficient (Wildman–Crippen LogP) is 0.623. The highest BCUT2D eigenvalue weighted by Crippen LogP contribution is 2.05. The van der Waals surface area contributed by atoms with Gasteiger partial charge in [-0.2, -0.15) is 5.26 Å². The highest BCUT2D eigenvalue weighted by molar-refractivity contribution is 5.18. The monoisotopic (exact) mass is 180 g/mol. The van der Waals surface area contributed by atoms with Crippen LogP contribution in [0.3, 0.4) is 0 Å². The van der Waals surface area contributed by atoms with E-state index < -0.39 is 0 Å². The fraction of sp³-hybridized carbons (Fsp3) is 0.444. The van der Waals surface area contributed by atoms with Crippen LogP contribution in [0.2, 0.25) is 0 Å². The Bertz CT molecular complexity index is 288. The van der Waals surface area contributed by atoms with Crippen LogP contribution in [-0.4, -0.2) is 18.3 Å². The van der Waals surface area contributed by atoms with E-state index in [9.17, 15) is 0 Å². The van der Waals surface area contributed by atoms with Gasteiger partial charge in [0.15, 0.2) is 0 Å². The van der Waals surface area contributed by atoms with Crippen molar-refractivity contribution < 1.29 is 9.52 Å². The molecule has 0 fully saturated rings. The Balaban J connectivity index is 2.25. The van der Waals surface area contributed by atoms with Crippen LogP contribution in [-0.2, 0) is 6.54 Å². The second kappa shape index (κ2) is 5.36. The molecule has 0 atom stereocenters. The van der Waals surface area contributed by atoms with E-state index in [1.54, 1.807) is 12.1 Å². The van der Waals surface area contributed by atoms with Crippen LogP contribution >= 0.6 is 0 Å². The van der Waals surface area contributed by atoms with Crippen LogP contribution < -0.4 is 5.32 Å². The smallest absolute Gasteiger partial charge is 0.203 e. The Morgan fingerprint density at radius 3 is 3.00 bits per heavy atom. The summed E-state index contributed by atoms with van der Waals surface area (Å²) in [7, 11) is 0. The van der Waals surface area contributed by atoms with Gasteiger partial charge in [-0.3, -0.25) is 0 Å². The SMILES string of the molecule is N#Cc1ccc(CNCCCO)o1. The summed E-state index contributed by atoms with van der Waals surface area (Å²) in [5, 5.41) is 20.0. The molecule has 0 amide bonds. The lowest BCUT2D eigenvalue weighted by molar-refractivity contribution is 0.285. The van der Waals surface area contributed by atoms with E-state index in [1.165, 1.54) is 0 Å². The lowest BCUT2D eigenvalue weighted by Gasteiger charge is -1.99. The standard InChI is InChI=1S/C9H12N2O2/c10-6-8-2-3-9(13-8)7-11-4-1-5-12/h2-3,11-12H,1,4-5,7H2. The highest BCUT2D eigenvalue weighted by Gasteiger charge is 1.99. The molecule has 0 saturated heterocycles. The van der Waals surface area contributed by atoms with Crippen molar-refractivity contribution >= 4 is 0 Å². The quantitative estimate of drug-likeness (QED) is 0.652. The minimum atomic E-state index is 0.189. The fourth-order valence-corrected chi connectivity index (χ4v) is 0.949. The van der Waals surface area contributed by atoms with E-state index in [0.29, 0.717) is 12.3 Å². The van der Waals surface area contributed by atoms with Crippen molar-refractivity contribution in [3.8, 4) is 6.07 Å². The summed E-state index contributed by atoms with van der Waals surface area (Å²) in [6.45, 7) is 1.54. The van der Waals surface area contributed by atoms with Gasteiger partial charge in [0.25, 0.3) is 0 Å². The summed E-state index contributed by atoms with van der Waals surface area (Å²) >= 11 is 0. The van der Waals surface area contributed by atoms with E-state index >= 15 is 0 Å². The van der Waals surface area contributed by atoms with Crippen molar-refractivity contribution in [2.75, 3.05) is 13.2 Å². The number of hydrogen-bond acceptors (Lipinski definition) is 4. The second-order valence-electron chi connectivity index (χ2n) is 2.63. The van der Waals surface area contributed by atoms with Crippen LogP contribution in [0.4, 0.5) is 0 Å². The summed E-state index contributed by atoms with van der Waals surface area (Å²) in [6, 6.07) is 5.32. The maximum absolute atomic E-state index is 8.50. The molecule has 4 heteroatoms. The van der Waals surface area contributed by atoms with Crippen molar-refractivity contribution in [1.29, 1.82) is 5.26 Å². The first kappa shape index (κ1) is 9.78. The zero-order valence-electron chi connectivity index (χ0n) is 7.29. The summed E-state index contributed by atoms with van der Waals surface area (Å²) in [4.78, 5) is 0. The second-order valence-corrected chi connectivity index (χ2v) is 2.63. The molecule has 13 heavy (non-hydrogen) atoms. The molecule has 0 saturated carbocycles. The number of furan rings is 1. The Morgan fingerprint density at radius 2 is 2.38 bits per heavy atom. The van der Waals surface area contributed by atoms with Crippen molar-refractivity contribution in [3.05, 3.63) is 23.7 Å². The first-order valence-electron chi connectivity index (χ1n) is 4.17. The molecule has 4 nitrogen and oxygen atoms in total. The Kier molecular flexibility index (Phi) is 4.03. The molecule has 0 spiro atoms. The molecule has 0 aliphatic rings. The molecular weight excluding hydrogens is 168 g/mol. The number of nitriles is 1. The summed E-state index contributed by atoms with van der Waals surface area (Å²) < 4.78 is 5.13. The highest BCUT2D eigenvalue weighted by atomic mass is 16.3. The fourth-order valence-electron chi connectivity index (χ4n) is 0.949. The molecule has 1 aromatic rings. The minimum Gasteiger partial charge on any atom is -0.449 e. The molecule has 0 aliphatic heterocycles. The van der Waals surface area contributed by atoms with Gasteiger partial charge >= 0.3 is 0 Å². The van der Waals surface area contributed by atoms with Crippen LogP contribution in [0, 0.1) is 11.3 Å². The minimum absolute atomic E-state index is 0.189. The first-order chi connectivity index (χ1) is 6.36. The maximum Gasteiger partial charge on any atom is 0.203 e. The maximum atomic E-state index is 8.50. The Morgan fingerprint density at radius 1 is 1.54 bits per heavy atom. The third kappa shape index (κ3) is 3.28. The average molecular weight is 180 g/mol. The average Bonchev–Trinajstić information content (AvgIpc) is 2.60. The molecule has 1 heterocycles. The first-order valence-corrected chi connectivity index (χ1v) is 4.17. The zero-order valence-corrected chi connectivity index (χ0v) is 7.29. The van der Waals surface area contributed by atoms with Gasteiger partial charge in [-0.15, -0.1) is 0 Å². The van der Waals surface area contributed by atoms with E-state index in [4.69, 9.17) is 14.8 Å². The van der Waals surface area contributed by atoms with Crippen LogP contribution in [0.15, 0.2) is 16.5 Å². The number of nitrogens with zero attached hydrogens (tertiary/aromatic N) is 1. The summed E-state index contributed by atoms with van der Waals surface area (Å²) in [6.07, 6.45) is 0.728. The predicted molar refractivity (Wildman–Crippen MR) is 46.8 cm³/mol. The summed E-state index contributed by atoms with van der Waals surface area (Å²) in [5.41, 5.74) is 0. The third-order valence-corrected chi connectivity index (χ3v) is 1.58. The molecule has 70 valence electrons. The number of hydrogen-bond donors (Lipinski definition) is 2. The van der Waals surface area contributed by atoms with Gasteiger partial charge in [0, 0.05) is 6.61 Å². The van der Waals surface area contributed by atoms with Crippen molar-refractivity contribution in [1.82, 2.24) is 5.32 Å². The van der Waals surface area contributed by atoms with Crippen LogP contribution in [0.25, 0.3) is 0 Å². The van der Waals surface area contributed by atoms with Gasteiger partial charge in [-0.25, -0.2) is 0 Å². The third-order valence-electron chi connectivity index (χ3n) is 1.58. The van der Waals surface area contributed by atoms with Gasteiger partial charge in [-0.05, 0) is 25.1 Å². The van der Waals surface area contributed by atoms with Gasteiger partial charge in [0.2, 0.25) is 5.76 Å². The Hall–Kier alpha value is -1.31. The summed E-state index contributed by atoms with van der Waals surface area (Å²) in [5.74, 6) is 1.08. The van der Waals surface area contributed by atoms with Gasteiger partial charge in [-0.1, -0.05) is 0 Å². The molecule has 0 unspecified atom stereocenters. The lowest BCUT2D eigenvalue weighted by atomic mass is 10.4. The van der Waals surface area contributed by atoms with E-state index in [2.05, 4.69) is 5.32 Å². The number of aliphatic hydroxyl groups excluding tert-OH is 1. The normalized spacial score (nSPS) is 9.85. The van der Waals surface area contributed by atoms with Gasteiger partial charge in [0.1, 0.15) is 11.8 Å². The zero-order chi connectivity index (χ0) is 9.52. The lowest BCUT2D eigenvalue weighted by Crippen LogP contribution is -2.15. The van der Waals surface area contributed by atoms with E-state index in [-0.39, 0.29) is 6.61 Å².